The fourth-order valence-corrected chi connectivity index (χ4v) is 10.4. The minimum absolute atomic E-state index is 0.0444. The van der Waals surface area contributed by atoms with E-state index in [2.05, 4.69) is 27.7 Å². The van der Waals surface area contributed by atoms with Crippen LogP contribution in [0.4, 0.5) is 0 Å². The second kappa shape index (κ2) is 7.45. The highest BCUT2D eigenvalue weighted by atomic mass is 32.2. The second-order valence-corrected chi connectivity index (χ2v) is 14.0. The third-order valence-electron chi connectivity index (χ3n) is 9.71. The van der Waals surface area contributed by atoms with Gasteiger partial charge in [-0.1, -0.05) is 34.1 Å². The van der Waals surface area contributed by atoms with E-state index in [-0.39, 0.29) is 44.6 Å². The summed E-state index contributed by atoms with van der Waals surface area (Å²) in [5.74, 6) is 0.222. The number of morpholine rings is 1. The number of sulfone groups is 1. The molecule has 182 valence electrons. The molecular weight excluding hydrogens is 438 g/mol. The summed E-state index contributed by atoms with van der Waals surface area (Å²) in [6.07, 6.45) is 5.20. The van der Waals surface area contributed by atoms with Gasteiger partial charge in [0.15, 0.2) is 9.84 Å². The number of rotatable bonds is 1. The van der Waals surface area contributed by atoms with Crippen molar-refractivity contribution in [3.05, 3.63) is 23.3 Å². The van der Waals surface area contributed by atoms with E-state index in [1.807, 2.05) is 0 Å². The first-order chi connectivity index (χ1) is 15.4. The Morgan fingerprint density at radius 2 is 1.76 bits per heavy atom. The molecule has 2 saturated carbocycles. The van der Waals surface area contributed by atoms with Gasteiger partial charge in [0.25, 0.3) is 5.91 Å². The lowest BCUT2D eigenvalue weighted by Gasteiger charge is -2.63. The topological polar surface area (TPSA) is 83.9 Å². The summed E-state index contributed by atoms with van der Waals surface area (Å²) in [6.45, 7) is 11.0. The van der Waals surface area contributed by atoms with Gasteiger partial charge in [-0.15, -0.1) is 0 Å². The molecule has 1 saturated heterocycles. The number of phenolic OH excluding ortho intramolecular Hbond substituents is 1. The van der Waals surface area contributed by atoms with Crippen molar-refractivity contribution in [1.82, 2.24) is 4.90 Å². The van der Waals surface area contributed by atoms with Crippen molar-refractivity contribution in [2.45, 2.75) is 70.1 Å². The van der Waals surface area contributed by atoms with Crippen LogP contribution in [-0.2, 0) is 20.0 Å². The molecule has 3 fully saturated rings. The Labute approximate surface area is 197 Å². The minimum atomic E-state index is -3.64. The van der Waals surface area contributed by atoms with Gasteiger partial charge in [0, 0.05) is 29.6 Å². The fraction of sp³-hybridized carbons (Fsp3) is 0.731. The first kappa shape index (κ1) is 23.2. The second-order valence-electron chi connectivity index (χ2n) is 12.0. The van der Waals surface area contributed by atoms with Crippen LogP contribution in [0.25, 0.3) is 0 Å². The molecule has 0 bridgehead atoms. The maximum Gasteiger partial charge on any atom is 0.254 e. The summed E-state index contributed by atoms with van der Waals surface area (Å²) >= 11 is 0. The molecule has 2 heterocycles. The van der Waals surface area contributed by atoms with Crippen LogP contribution in [0.3, 0.4) is 0 Å². The van der Waals surface area contributed by atoms with Crippen LogP contribution < -0.4 is 0 Å². The summed E-state index contributed by atoms with van der Waals surface area (Å²) in [4.78, 5) is 14.9. The number of amides is 1. The van der Waals surface area contributed by atoms with Crippen LogP contribution >= 0.6 is 0 Å². The van der Waals surface area contributed by atoms with Gasteiger partial charge in [-0.2, -0.15) is 0 Å². The summed E-state index contributed by atoms with van der Waals surface area (Å²) in [7, 11) is -3.64. The highest BCUT2D eigenvalue weighted by Crippen LogP contribution is 2.67. The van der Waals surface area contributed by atoms with Crippen molar-refractivity contribution in [2.24, 2.45) is 22.7 Å². The van der Waals surface area contributed by atoms with Crippen molar-refractivity contribution < 1.29 is 23.1 Å². The Morgan fingerprint density at radius 3 is 2.45 bits per heavy atom. The van der Waals surface area contributed by atoms with E-state index in [0.29, 0.717) is 37.8 Å². The number of phenols is 1. The molecule has 0 radical (unpaired) electrons. The van der Waals surface area contributed by atoms with E-state index in [9.17, 15) is 18.3 Å². The number of hydrogen-bond donors (Lipinski definition) is 1. The molecule has 2 aliphatic carbocycles. The lowest BCUT2D eigenvalue weighted by molar-refractivity contribution is -0.0984. The van der Waals surface area contributed by atoms with Gasteiger partial charge in [-0.25, -0.2) is 8.42 Å². The fourth-order valence-electron chi connectivity index (χ4n) is 8.12. The van der Waals surface area contributed by atoms with E-state index in [0.717, 1.165) is 25.7 Å². The van der Waals surface area contributed by atoms with Crippen LogP contribution in [0, 0.1) is 22.7 Å². The highest BCUT2D eigenvalue weighted by Gasteiger charge is 2.62. The first-order valence-corrected chi connectivity index (χ1v) is 14.0. The average Bonchev–Trinajstić information content (AvgIpc) is 2.74. The smallest absolute Gasteiger partial charge is 0.254 e. The molecule has 33 heavy (non-hydrogen) atoms. The molecule has 1 N–H and O–H groups in total. The molecule has 1 aromatic rings. The number of fused-ring (bicyclic) bond motifs is 5. The monoisotopic (exact) mass is 475 g/mol. The van der Waals surface area contributed by atoms with E-state index in [4.69, 9.17) is 4.74 Å². The van der Waals surface area contributed by atoms with Gasteiger partial charge in [0.1, 0.15) is 5.75 Å². The normalized spacial score (nSPS) is 36.9. The van der Waals surface area contributed by atoms with Gasteiger partial charge >= 0.3 is 0 Å². The van der Waals surface area contributed by atoms with Crippen molar-refractivity contribution in [3.63, 3.8) is 0 Å². The van der Waals surface area contributed by atoms with E-state index >= 15 is 0 Å². The molecule has 2 aliphatic heterocycles. The Kier molecular flexibility index (Phi) is 5.23. The standard InChI is InChI=1S/C26H37NO5S/c1-24(2)7-5-8-25(3)20(24)6-9-26(4)21(25)16-33(30,31)19-15-17(14-18(28)22(19)26)23(29)27-10-12-32-13-11-27/h14-15,20-21,28H,5-13,16H2,1-4H3/t20-,21+,25-,26+/m0/s1. The molecular formula is C26H37NO5S. The number of carbonyl (C=O) groups is 1. The SMILES string of the molecule is CC1(C)CCC[C@]2(C)[C@H]3CS(=O)(=O)c4cc(C(=O)N5CCOCC5)cc(O)c4[C@]3(C)CC[C@@H]12. The van der Waals surface area contributed by atoms with Crippen molar-refractivity contribution in [2.75, 3.05) is 32.1 Å². The lowest BCUT2D eigenvalue weighted by atomic mass is 9.43. The molecule has 4 atom stereocenters. The van der Waals surface area contributed by atoms with Crippen LogP contribution in [-0.4, -0.2) is 56.4 Å². The zero-order valence-electron chi connectivity index (χ0n) is 20.3. The molecule has 5 rings (SSSR count). The number of carbonyl (C=O) groups excluding carboxylic acids is 1. The van der Waals surface area contributed by atoms with E-state index in [1.54, 1.807) is 4.90 Å². The molecule has 0 unspecified atom stereocenters. The largest absolute Gasteiger partial charge is 0.508 e. The molecule has 1 aromatic carbocycles. The van der Waals surface area contributed by atoms with Gasteiger partial charge in [-0.05, 0) is 60.5 Å². The average molecular weight is 476 g/mol. The zero-order chi connectivity index (χ0) is 23.8. The molecule has 1 amide bonds. The lowest BCUT2D eigenvalue weighted by Crippen LogP contribution is -2.59. The van der Waals surface area contributed by atoms with Gasteiger partial charge in [-0.3, -0.25) is 4.79 Å². The number of aromatic hydroxyl groups is 1. The number of nitrogens with zero attached hydrogens (tertiary/aromatic N) is 1. The zero-order valence-corrected chi connectivity index (χ0v) is 21.1. The van der Waals surface area contributed by atoms with Crippen LogP contribution in [0.15, 0.2) is 17.0 Å². The molecule has 7 heteroatoms. The Morgan fingerprint density at radius 1 is 1.06 bits per heavy atom. The highest BCUT2D eigenvalue weighted by molar-refractivity contribution is 7.91. The van der Waals surface area contributed by atoms with Gasteiger partial charge < -0.3 is 14.7 Å². The van der Waals surface area contributed by atoms with Crippen LogP contribution in [0.2, 0.25) is 0 Å². The van der Waals surface area contributed by atoms with E-state index in [1.165, 1.54) is 18.6 Å². The quantitative estimate of drug-likeness (QED) is 0.660. The minimum Gasteiger partial charge on any atom is -0.508 e. The van der Waals surface area contributed by atoms with Gasteiger partial charge in [0.05, 0.1) is 23.9 Å². The Bertz CT molecular complexity index is 1090. The molecule has 4 aliphatic rings. The third-order valence-corrected chi connectivity index (χ3v) is 11.5. The van der Waals surface area contributed by atoms with E-state index < -0.39 is 15.3 Å². The Hall–Kier alpha value is -1.60. The maximum absolute atomic E-state index is 13.7. The number of benzene rings is 1. The van der Waals surface area contributed by atoms with Crippen molar-refractivity contribution >= 4 is 15.7 Å². The summed E-state index contributed by atoms with van der Waals surface area (Å²) in [5.41, 5.74) is 0.463. The number of hydrogen-bond acceptors (Lipinski definition) is 5. The molecule has 0 spiro atoms. The predicted molar refractivity (Wildman–Crippen MR) is 126 cm³/mol. The summed E-state index contributed by atoms with van der Waals surface area (Å²) in [6, 6.07) is 3.03. The maximum atomic E-state index is 13.7. The summed E-state index contributed by atoms with van der Waals surface area (Å²) in [5, 5.41) is 11.2. The van der Waals surface area contributed by atoms with Crippen LogP contribution in [0.5, 0.6) is 5.75 Å². The predicted octanol–water partition coefficient (Wildman–Crippen LogP) is 4.15. The van der Waals surface area contributed by atoms with Crippen molar-refractivity contribution in [3.8, 4) is 5.75 Å². The first-order valence-electron chi connectivity index (χ1n) is 12.4. The van der Waals surface area contributed by atoms with Gasteiger partial charge in [0.2, 0.25) is 0 Å². The van der Waals surface area contributed by atoms with Crippen LogP contribution in [0.1, 0.15) is 75.7 Å². The third kappa shape index (κ3) is 3.36. The summed E-state index contributed by atoms with van der Waals surface area (Å²) < 4.78 is 32.7. The number of ether oxygens (including phenoxy) is 1. The molecule has 6 nitrogen and oxygen atoms in total. The Balaban J connectivity index is 1.61. The van der Waals surface area contributed by atoms with Crippen molar-refractivity contribution in [1.29, 1.82) is 0 Å². The molecule has 0 aromatic heterocycles.